The monoisotopic (exact) mass is 245 g/mol. The van der Waals surface area contributed by atoms with Crippen LogP contribution in [0.2, 0.25) is 0 Å². The van der Waals surface area contributed by atoms with Crippen molar-refractivity contribution in [1.82, 2.24) is 4.98 Å². The number of pyridine rings is 1. The van der Waals surface area contributed by atoms with Crippen molar-refractivity contribution in [2.24, 2.45) is 5.73 Å². The summed E-state index contributed by atoms with van der Waals surface area (Å²) in [6.07, 6.45) is 1.29. The number of aromatic nitrogens is 1. The van der Waals surface area contributed by atoms with Gasteiger partial charge >= 0.3 is 0 Å². The highest BCUT2D eigenvalue weighted by molar-refractivity contribution is 5.63. The molecule has 0 aliphatic heterocycles. The van der Waals surface area contributed by atoms with E-state index >= 15 is 0 Å². The Balaban J connectivity index is 2.48. The maximum Gasteiger partial charge on any atom is 0.270 e. The molecule has 2 aromatic rings. The second-order valence-corrected chi connectivity index (χ2v) is 3.71. The molecule has 0 atom stereocenters. The Bertz CT molecular complexity index is 599. The van der Waals surface area contributed by atoms with Crippen molar-refractivity contribution in [3.05, 3.63) is 52.2 Å². The minimum absolute atomic E-state index is 0.00308. The molecule has 0 saturated carbocycles. The van der Waals surface area contributed by atoms with Crippen molar-refractivity contribution in [2.45, 2.75) is 6.54 Å². The predicted octanol–water partition coefficient (Wildman–Crippen LogP) is 1.82. The van der Waals surface area contributed by atoms with E-state index < -0.39 is 4.92 Å². The van der Waals surface area contributed by atoms with Gasteiger partial charge < -0.3 is 10.8 Å². The molecule has 0 amide bonds. The minimum Gasteiger partial charge on any atom is -0.506 e. The molecule has 3 N–H and O–H groups in total. The number of hydrogen-bond acceptors (Lipinski definition) is 5. The molecule has 6 heteroatoms. The van der Waals surface area contributed by atoms with Crippen molar-refractivity contribution in [3.63, 3.8) is 0 Å². The molecular weight excluding hydrogens is 234 g/mol. The number of nitrogens with two attached hydrogens (primary N) is 1. The van der Waals surface area contributed by atoms with Crippen molar-refractivity contribution >= 4 is 5.69 Å². The molecule has 6 nitrogen and oxygen atoms in total. The van der Waals surface area contributed by atoms with Gasteiger partial charge in [0, 0.05) is 29.8 Å². The lowest BCUT2D eigenvalue weighted by molar-refractivity contribution is -0.384. The first-order valence-electron chi connectivity index (χ1n) is 5.24. The predicted molar refractivity (Wildman–Crippen MR) is 65.9 cm³/mol. The molecule has 0 radical (unpaired) electrons. The smallest absolute Gasteiger partial charge is 0.270 e. The number of non-ortho nitro benzene ring substituents is 1. The van der Waals surface area contributed by atoms with Crippen LogP contribution in [0.1, 0.15) is 5.56 Å². The van der Waals surface area contributed by atoms with Gasteiger partial charge in [-0.1, -0.05) is 12.1 Å². The molecular formula is C12H11N3O3. The molecule has 0 aliphatic carbocycles. The zero-order valence-corrected chi connectivity index (χ0v) is 9.41. The number of nitro groups is 1. The van der Waals surface area contributed by atoms with Gasteiger partial charge in [-0.05, 0) is 6.07 Å². The summed E-state index contributed by atoms with van der Waals surface area (Å²) in [4.78, 5) is 14.3. The highest BCUT2D eigenvalue weighted by atomic mass is 16.6. The van der Waals surface area contributed by atoms with Crippen LogP contribution in [0.5, 0.6) is 5.75 Å². The molecule has 18 heavy (non-hydrogen) atoms. The van der Waals surface area contributed by atoms with E-state index in [1.165, 1.54) is 18.3 Å². The summed E-state index contributed by atoms with van der Waals surface area (Å²) in [5.41, 5.74) is 7.17. The summed E-state index contributed by atoms with van der Waals surface area (Å²) >= 11 is 0. The third kappa shape index (κ3) is 2.28. The fraction of sp³-hybridized carbons (Fsp3) is 0.0833. The number of hydrogen-bond donors (Lipinski definition) is 2. The maximum absolute atomic E-state index is 10.7. The Labute approximate surface area is 103 Å². The Morgan fingerprint density at radius 1 is 1.39 bits per heavy atom. The summed E-state index contributed by atoms with van der Waals surface area (Å²) in [5, 5.41) is 20.2. The molecule has 0 saturated heterocycles. The second kappa shape index (κ2) is 4.80. The van der Waals surface area contributed by atoms with Crippen LogP contribution in [0.25, 0.3) is 11.3 Å². The summed E-state index contributed by atoms with van der Waals surface area (Å²) < 4.78 is 0. The Morgan fingerprint density at radius 3 is 2.83 bits per heavy atom. The highest BCUT2D eigenvalue weighted by Gasteiger charge is 2.09. The van der Waals surface area contributed by atoms with E-state index in [-0.39, 0.29) is 18.0 Å². The minimum atomic E-state index is -0.465. The zero-order valence-electron chi connectivity index (χ0n) is 9.41. The fourth-order valence-corrected chi connectivity index (χ4v) is 1.59. The number of nitrogens with zero attached hydrogens (tertiary/aromatic N) is 2. The Kier molecular flexibility index (Phi) is 3.20. The summed E-state index contributed by atoms with van der Waals surface area (Å²) in [7, 11) is 0. The van der Waals surface area contributed by atoms with E-state index in [0.29, 0.717) is 16.8 Å². The van der Waals surface area contributed by atoms with Crippen LogP contribution in [0.3, 0.4) is 0 Å². The van der Waals surface area contributed by atoms with Crippen molar-refractivity contribution in [2.75, 3.05) is 0 Å². The van der Waals surface area contributed by atoms with E-state index in [0.717, 1.165) is 0 Å². The third-order valence-electron chi connectivity index (χ3n) is 2.54. The number of nitro benzene ring substituents is 1. The Hall–Kier alpha value is -2.47. The number of rotatable bonds is 3. The molecule has 1 heterocycles. The molecule has 2 rings (SSSR count). The molecule has 1 aromatic heterocycles. The summed E-state index contributed by atoms with van der Waals surface area (Å²) in [6, 6.07) is 7.76. The molecule has 92 valence electrons. The van der Waals surface area contributed by atoms with Gasteiger partial charge in [-0.15, -0.1) is 0 Å². The summed E-state index contributed by atoms with van der Waals surface area (Å²) in [6.45, 7) is 0.177. The van der Waals surface area contributed by atoms with Gasteiger partial charge in [0.05, 0.1) is 16.8 Å². The van der Waals surface area contributed by atoms with Crippen molar-refractivity contribution in [3.8, 4) is 17.0 Å². The fourth-order valence-electron chi connectivity index (χ4n) is 1.59. The lowest BCUT2D eigenvalue weighted by Crippen LogP contribution is -1.98. The van der Waals surface area contributed by atoms with Crippen LogP contribution >= 0.6 is 0 Å². The number of aromatic hydroxyl groups is 1. The van der Waals surface area contributed by atoms with Gasteiger partial charge in [0.2, 0.25) is 0 Å². The molecule has 1 aromatic carbocycles. The zero-order chi connectivity index (χ0) is 13.1. The molecule has 0 bridgehead atoms. The lowest BCUT2D eigenvalue weighted by atomic mass is 10.1. The second-order valence-electron chi connectivity index (χ2n) is 3.71. The summed E-state index contributed by atoms with van der Waals surface area (Å²) in [5.74, 6) is 0.0201. The van der Waals surface area contributed by atoms with Crippen LogP contribution in [0.4, 0.5) is 5.69 Å². The van der Waals surface area contributed by atoms with E-state index in [2.05, 4.69) is 4.98 Å². The van der Waals surface area contributed by atoms with Gasteiger partial charge in [-0.3, -0.25) is 15.1 Å². The number of benzene rings is 1. The topological polar surface area (TPSA) is 102 Å². The lowest BCUT2D eigenvalue weighted by Gasteiger charge is -2.05. The van der Waals surface area contributed by atoms with Crippen molar-refractivity contribution < 1.29 is 10.0 Å². The van der Waals surface area contributed by atoms with Crippen LogP contribution in [-0.4, -0.2) is 15.0 Å². The third-order valence-corrected chi connectivity index (χ3v) is 2.54. The van der Waals surface area contributed by atoms with Crippen LogP contribution < -0.4 is 5.73 Å². The maximum atomic E-state index is 10.7. The van der Waals surface area contributed by atoms with E-state index in [9.17, 15) is 15.2 Å². The van der Waals surface area contributed by atoms with E-state index in [1.54, 1.807) is 18.2 Å². The van der Waals surface area contributed by atoms with Gasteiger partial charge in [0.1, 0.15) is 5.75 Å². The van der Waals surface area contributed by atoms with Crippen LogP contribution in [-0.2, 0) is 6.54 Å². The highest BCUT2D eigenvalue weighted by Crippen LogP contribution is 2.25. The van der Waals surface area contributed by atoms with Gasteiger partial charge in [0.15, 0.2) is 0 Å². The van der Waals surface area contributed by atoms with Gasteiger partial charge in [-0.2, -0.15) is 0 Å². The van der Waals surface area contributed by atoms with Crippen LogP contribution in [0.15, 0.2) is 36.5 Å². The molecule has 0 unspecified atom stereocenters. The molecule has 0 aliphatic rings. The average molecular weight is 245 g/mol. The van der Waals surface area contributed by atoms with E-state index in [1.807, 2.05) is 0 Å². The standard InChI is InChI=1S/C12H11N3O3/c13-6-9-5-11(14-7-12(9)16)8-2-1-3-10(4-8)15(17)18/h1-5,7,16H,6,13H2. The van der Waals surface area contributed by atoms with Crippen LogP contribution in [0, 0.1) is 10.1 Å². The first-order chi connectivity index (χ1) is 8.61. The first kappa shape index (κ1) is 12.0. The van der Waals surface area contributed by atoms with Gasteiger partial charge in [0.25, 0.3) is 5.69 Å². The quantitative estimate of drug-likeness (QED) is 0.634. The first-order valence-corrected chi connectivity index (χ1v) is 5.24. The molecule has 0 fully saturated rings. The normalized spacial score (nSPS) is 10.3. The molecule has 0 spiro atoms. The average Bonchev–Trinajstić information content (AvgIpc) is 2.39. The van der Waals surface area contributed by atoms with Crippen molar-refractivity contribution in [1.29, 1.82) is 0 Å². The van der Waals surface area contributed by atoms with E-state index in [4.69, 9.17) is 5.73 Å². The Morgan fingerprint density at radius 2 is 2.17 bits per heavy atom. The largest absolute Gasteiger partial charge is 0.506 e. The SMILES string of the molecule is NCc1cc(-c2cccc([N+](=O)[O-])c2)ncc1O. The van der Waals surface area contributed by atoms with Gasteiger partial charge in [-0.25, -0.2) is 0 Å².